The zero-order valence-corrected chi connectivity index (χ0v) is 18.0. The van der Waals surface area contributed by atoms with Crippen LogP contribution < -0.4 is 25.4 Å². The summed E-state index contributed by atoms with van der Waals surface area (Å²) in [6.45, 7) is 0. The third-order valence-electron chi connectivity index (χ3n) is 4.28. The van der Waals surface area contributed by atoms with Crippen molar-refractivity contribution in [2.45, 2.75) is 0 Å². The molecular formula is C24H23N3O3S. The van der Waals surface area contributed by atoms with E-state index >= 15 is 0 Å². The van der Waals surface area contributed by atoms with E-state index in [0.29, 0.717) is 11.5 Å². The molecule has 3 aromatic rings. The van der Waals surface area contributed by atoms with Crippen molar-refractivity contribution in [2.75, 3.05) is 24.9 Å². The molecular weight excluding hydrogens is 410 g/mol. The van der Waals surface area contributed by atoms with E-state index in [-0.39, 0.29) is 11.0 Å². The van der Waals surface area contributed by atoms with Gasteiger partial charge in [-0.15, -0.1) is 0 Å². The van der Waals surface area contributed by atoms with Gasteiger partial charge in [-0.1, -0.05) is 24.3 Å². The Hall–Kier alpha value is -3.84. The third kappa shape index (κ3) is 6.58. The average molecular weight is 434 g/mol. The third-order valence-corrected chi connectivity index (χ3v) is 4.48. The summed E-state index contributed by atoms with van der Waals surface area (Å²) in [7, 11) is 3.13. The van der Waals surface area contributed by atoms with Crippen LogP contribution in [0.4, 0.5) is 17.1 Å². The molecule has 0 fully saturated rings. The molecule has 3 N–H and O–H groups in total. The smallest absolute Gasteiger partial charge is 0.250 e. The van der Waals surface area contributed by atoms with E-state index in [4.69, 9.17) is 21.7 Å². The molecule has 0 aliphatic heterocycles. The predicted molar refractivity (Wildman–Crippen MR) is 129 cm³/mol. The Kier molecular flexibility index (Phi) is 7.61. The first-order chi connectivity index (χ1) is 15.1. The molecule has 0 spiro atoms. The predicted octanol–water partition coefficient (Wildman–Crippen LogP) is 4.97. The van der Waals surface area contributed by atoms with E-state index < -0.39 is 0 Å². The van der Waals surface area contributed by atoms with Crippen LogP contribution in [0.5, 0.6) is 11.5 Å². The van der Waals surface area contributed by atoms with E-state index in [2.05, 4.69) is 16.0 Å². The zero-order chi connectivity index (χ0) is 22.1. The summed E-state index contributed by atoms with van der Waals surface area (Å²) in [5, 5.41) is 9.15. The van der Waals surface area contributed by atoms with E-state index in [1.807, 2.05) is 60.7 Å². The number of hydrogen-bond acceptors (Lipinski definition) is 5. The minimum absolute atomic E-state index is 0.214. The molecule has 0 saturated heterocycles. The van der Waals surface area contributed by atoms with Crippen molar-refractivity contribution in [3.05, 3.63) is 84.4 Å². The van der Waals surface area contributed by atoms with Crippen molar-refractivity contribution in [2.24, 2.45) is 0 Å². The van der Waals surface area contributed by atoms with Crippen molar-refractivity contribution < 1.29 is 14.3 Å². The van der Waals surface area contributed by atoms with Crippen LogP contribution in [0, 0.1) is 0 Å². The number of thiocarbonyl (C=S) groups is 1. The molecule has 3 rings (SSSR count). The second-order valence-electron chi connectivity index (χ2n) is 6.46. The Balaban J connectivity index is 1.52. The normalized spacial score (nSPS) is 10.4. The molecule has 0 bridgehead atoms. The molecule has 0 aliphatic carbocycles. The number of ether oxygens (including phenoxy) is 2. The lowest BCUT2D eigenvalue weighted by molar-refractivity contribution is -0.115. The molecule has 0 atom stereocenters. The van der Waals surface area contributed by atoms with Crippen LogP contribution in [0.15, 0.2) is 78.9 Å². The SMILES string of the molecule is COc1ccc(/C=C/C(=O)NC(=S)Nc2ccc(Nc3ccccc3)cc2)cc1OC. The van der Waals surface area contributed by atoms with Crippen molar-refractivity contribution in [3.8, 4) is 11.5 Å². The molecule has 0 saturated carbocycles. The van der Waals surface area contributed by atoms with Crippen LogP contribution in [0.2, 0.25) is 0 Å². The summed E-state index contributed by atoms with van der Waals surface area (Å²) in [5.41, 5.74) is 3.53. The summed E-state index contributed by atoms with van der Waals surface area (Å²) >= 11 is 5.22. The number of nitrogens with one attached hydrogen (secondary N) is 3. The maximum Gasteiger partial charge on any atom is 0.250 e. The van der Waals surface area contributed by atoms with Gasteiger partial charge in [0.25, 0.3) is 0 Å². The number of para-hydroxylation sites is 1. The van der Waals surface area contributed by atoms with Crippen molar-refractivity contribution in [3.63, 3.8) is 0 Å². The van der Waals surface area contributed by atoms with Gasteiger partial charge in [0.2, 0.25) is 5.91 Å². The molecule has 31 heavy (non-hydrogen) atoms. The van der Waals surface area contributed by atoms with Crippen LogP contribution in [0.1, 0.15) is 5.56 Å². The van der Waals surface area contributed by atoms with Gasteiger partial charge in [-0.05, 0) is 72.4 Å². The number of rotatable bonds is 7. The fraction of sp³-hybridized carbons (Fsp3) is 0.0833. The zero-order valence-electron chi connectivity index (χ0n) is 17.2. The number of anilines is 3. The Bertz CT molecular complexity index is 1070. The van der Waals surface area contributed by atoms with Crippen molar-refractivity contribution in [1.82, 2.24) is 5.32 Å². The van der Waals surface area contributed by atoms with E-state index in [9.17, 15) is 4.79 Å². The standard InChI is InChI=1S/C24H23N3O3S/c1-29-21-14-8-17(16-22(21)30-2)9-15-23(28)27-24(31)26-20-12-10-19(11-13-20)25-18-6-4-3-5-7-18/h3-16,25H,1-2H3,(H2,26,27,28,31)/b15-9+. The number of hydrogen-bond donors (Lipinski definition) is 3. The first kappa shape index (κ1) is 21.9. The van der Waals surface area contributed by atoms with Gasteiger partial charge >= 0.3 is 0 Å². The minimum Gasteiger partial charge on any atom is -0.493 e. The summed E-state index contributed by atoms with van der Waals surface area (Å²) in [6.07, 6.45) is 3.08. The highest BCUT2D eigenvalue weighted by atomic mass is 32.1. The first-order valence-corrected chi connectivity index (χ1v) is 9.92. The van der Waals surface area contributed by atoms with Crippen LogP contribution >= 0.6 is 12.2 Å². The lowest BCUT2D eigenvalue weighted by atomic mass is 10.2. The second kappa shape index (κ2) is 10.8. The molecule has 0 aromatic heterocycles. The lowest BCUT2D eigenvalue weighted by Gasteiger charge is -2.10. The van der Waals surface area contributed by atoms with Crippen LogP contribution in [0.3, 0.4) is 0 Å². The number of carbonyl (C=O) groups is 1. The Labute approximate surface area is 186 Å². The van der Waals surface area contributed by atoms with Crippen LogP contribution in [-0.4, -0.2) is 25.2 Å². The molecule has 7 heteroatoms. The van der Waals surface area contributed by atoms with Gasteiger partial charge in [0.1, 0.15) is 0 Å². The van der Waals surface area contributed by atoms with Crippen LogP contribution in [0.25, 0.3) is 6.08 Å². The highest BCUT2D eigenvalue weighted by Crippen LogP contribution is 2.28. The molecule has 158 valence electrons. The van der Waals surface area contributed by atoms with Gasteiger partial charge in [0, 0.05) is 23.1 Å². The molecule has 0 unspecified atom stereocenters. The largest absolute Gasteiger partial charge is 0.493 e. The summed E-state index contributed by atoms with van der Waals surface area (Å²) in [4.78, 5) is 12.2. The fourth-order valence-corrected chi connectivity index (χ4v) is 2.99. The molecule has 3 aromatic carbocycles. The van der Waals surface area contributed by atoms with Crippen molar-refractivity contribution in [1.29, 1.82) is 0 Å². The molecule has 0 radical (unpaired) electrons. The number of benzene rings is 3. The summed E-state index contributed by atoms with van der Waals surface area (Å²) in [6, 6.07) is 22.9. The van der Waals surface area contributed by atoms with Crippen molar-refractivity contribution >= 4 is 46.4 Å². The molecule has 6 nitrogen and oxygen atoms in total. The van der Waals surface area contributed by atoms with Gasteiger partial charge in [-0.2, -0.15) is 0 Å². The fourth-order valence-electron chi connectivity index (χ4n) is 2.77. The van der Waals surface area contributed by atoms with E-state index in [0.717, 1.165) is 22.6 Å². The Morgan fingerprint density at radius 2 is 1.48 bits per heavy atom. The average Bonchev–Trinajstić information content (AvgIpc) is 2.79. The number of amides is 1. The minimum atomic E-state index is -0.338. The quantitative estimate of drug-likeness (QED) is 0.361. The number of methoxy groups -OCH3 is 2. The monoisotopic (exact) mass is 433 g/mol. The Morgan fingerprint density at radius 3 is 2.16 bits per heavy atom. The summed E-state index contributed by atoms with van der Waals surface area (Å²) in [5.74, 6) is 0.876. The highest BCUT2D eigenvalue weighted by Gasteiger charge is 2.05. The maximum atomic E-state index is 12.2. The number of carbonyl (C=O) groups excluding carboxylic acids is 1. The second-order valence-corrected chi connectivity index (χ2v) is 6.87. The van der Waals surface area contributed by atoms with Crippen LogP contribution in [-0.2, 0) is 4.79 Å². The molecule has 0 heterocycles. The van der Waals surface area contributed by atoms with E-state index in [1.54, 1.807) is 32.4 Å². The summed E-state index contributed by atoms with van der Waals surface area (Å²) < 4.78 is 10.5. The molecule has 1 amide bonds. The van der Waals surface area contributed by atoms with Gasteiger partial charge in [0.05, 0.1) is 14.2 Å². The van der Waals surface area contributed by atoms with Gasteiger partial charge < -0.3 is 20.1 Å². The topological polar surface area (TPSA) is 71.6 Å². The lowest BCUT2D eigenvalue weighted by Crippen LogP contribution is -2.32. The maximum absolute atomic E-state index is 12.2. The van der Waals surface area contributed by atoms with Gasteiger partial charge in [-0.3, -0.25) is 10.1 Å². The Morgan fingerprint density at radius 1 is 0.839 bits per heavy atom. The van der Waals surface area contributed by atoms with Gasteiger partial charge in [0.15, 0.2) is 16.6 Å². The van der Waals surface area contributed by atoms with Gasteiger partial charge in [-0.25, -0.2) is 0 Å². The highest BCUT2D eigenvalue weighted by molar-refractivity contribution is 7.80. The first-order valence-electron chi connectivity index (χ1n) is 9.51. The van der Waals surface area contributed by atoms with E-state index in [1.165, 1.54) is 6.08 Å². The molecule has 0 aliphatic rings.